The number of ether oxygens (including phenoxy) is 1. The SMILES string of the molecule is C[C@@H](NC(=O)[C@@H]1CCC[C@@H]1NC(=O)OCc1ccccc1)c1ccccc1. The van der Waals surface area contributed by atoms with Crippen molar-refractivity contribution < 1.29 is 14.3 Å². The molecular weight excluding hydrogens is 340 g/mol. The first-order valence-corrected chi connectivity index (χ1v) is 9.46. The predicted molar refractivity (Wildman–Crippen MR) is 104 cm³/mol. The zero-order valence-electron chi connectivity index (χ0n) is 15.6. The van der Waals surface area contributed by atoms with Crippen molar-refractivity contribution in [2.45, 2.75) is 44.9 Å². The van der Waals surface area contributed by atoms with Crippen LogP contribution in [-0.2, 0) is 16.1 Å². The Morgan fingerprint density at radius 2 is 1.70 bits per heavy atom. The molecule has 0 aromatic heterocycles. The summed E-state index contributed by atoms with van der Waals surface area (Å²) < 4.78 is 5.29. The summed E-state index contributed by atoms with van der Waals surface area (Å²) in [6.45, 7) is 2.19. The summed E-state index contributed by atoms with van der Waals surface area (Å²) in [5.74, 6) is -0.238. The molecule has 1 aliphatic rings. The fourth-order valence-corrected chi connectivity index (χ4v) is 3.51. The van der Waals surface area contributed by atoms with E-state index < -0.39 is 6.09 Å². The summed E-state index contributed by atoms with van der Waals surface area (Å²) in [4.78, 5) is 24.8. The minimum atomic E-state index is -0.473. The Labute approximate surface area is 160 Å². The number of benzene rings is 2. The molecule has 1 aliphatic carbocycles. The molecule has 1 saturated carbocycles. The maximum absolute atomic E-state index is 12.7. The molecule has 0 bridgehead atoms. The first-order chi connectivity index (χ1) is 13.1. The van der Waals surface area contributed by atoms with E-state index >= 15 is 0 Å². The third-order valence-electron chi connectivity index (χ3n) is 5.03. The highest BCUT2D eigenvalue weighted by Crippen LogP contribution is 2.27. The second-order valence-corrected chi connectivity index (χ2v) is 6.99. The normalized spacial score (nSPS) is 19.9. The topological polar surface area (TPSA) is 67.4 Å². The Kier molecular flexibility index (Phi) is 6.47. The van der Waals surface area contributed by atoms with Gasteiger partial charge in [-0.25, -0.2) is 4.79 Å². The number of nitrogens with one attached hydrogen (secondary N) is 2. The van der Waals surface area contributed by atoms with Crippen molar-refractivity contribution in [3.8, 4) is 0 Å². The van der Waals surface area contributed by atoms with E-state index in [1.54, 1.807) is 0 Å². The van der Waals surface area contributed by atoms with E-state index in [0.29, 0.717) is 0 Å². The fraction of sp³-hybridized carbons (Fsp3) is 0.364. The minimum absolute atomic E-state index is 0.0165. The van der Waals surface area contributed by atoms with Crippen LogP contribution in [0, 0.1) is 5.92 Å². The van der Waals surface area contributed by atoms with E-state index in [4.69, 9.17) is 4.74 Å². The average molecular weight is 366 g/mol. The van der Waals surface area contributed by atoms with Crippen LogP contribution in [-0.4, -0.2) is 18.0 Å². The lowest BCUT2D eigenvalue weighted by atomic mass is 10.0. The van der Waals surface area contributed by atoms with Gasteiger partial charge in [-0.05, 0) is 30.9 Å². The fourth-order valence-electron chi connectivity index (χ4n) is 3.51. The van der Waals surface area contributed by atoms with E-state index in [2.05, 4.69) is 10.6 Å². The lowest BCUT2D eigenvalue weighted by Crippen LogP contribution is -2.44. The molecule has 0 aliphatic heterocycles. The Bertz CT molecular complexity index is 749. The van der Waals surface area contributed by atoms with Gasteiger partial charge in [0.15, 0.2) is 0 Å². The Balaban J connectivity index is 1.50. The van der Waals surface area contributed by atoms with Crippen LogP contribution in [0.1, 0.15) is 43.4 Å². The largest absolute Gasteiger partial charge is 0.445 e. The van der Waals surface area contributed by atoms with Gasteiger partial charge in [-0.2, -0.15) is 0 Å². The van der Waals surface area contributed by atoms with Gasteiger partial charge in [0.05, 0.1) is 12.0 Å². The van der Waals surface area contributed by atoms with Gasteiger partial charge >= 0.3 is 6.09 Å². The van der Waals surface area contributed by atoms with Crippen molar-refractivity contribution in [2.75, 3.05) is 0 Å². The highest BCUT2D eigenvalue weighted by atomic mass is 16.5. The number of amides is 2. The number of carbonyl (C=O) groups excluding carboxylic acids is 2. The van der Waals surface area contributed by atoms with Crippen LogP contribution in [0.2, 0.25) is 0 Å². The molecule has 0 unspecified atom stereocenters. The molecule has 27 heavy (non-hydrogen) atoms. The molecule has 2 aromatic rings. The van der Waals surface area contributed by atoms with Crippen molar-refractivity contribution >= 4 is 12.0 Å². The molecule has 0 radical (unpaired) electrons. The van der Waals surface area contributed by atoms with Crippen molar-refractivity contribution in [3.63, 3.8) is 0 Å². The van der Waals surface area contributed by atoms with Gasteiger partial charge in [-0.1, -0.05) is 67.1 Å². The Morgan fingerprint density at radius 1 is 1.04 bits per heavy atom. The van der Waals surface area contributed by atoms with Gasteiger partial charge in [0.25, 0.3) is 0 Å². The summed E-state index contributed by atoms with van der Waals surface area (Å²) in [7, 11) is 0. The van der Waals surface area contributed by atoms with Crippen molar-refractivity contribution in [1.82, 2.24) is 10.6 Å². The van der Waals surface area contributed by atoms with Crippen LogP contribution < -0.4 is 10.6 Å². The molecule has 2 N–H and O–H groups in total. The quantitative estimate of drug-likeness (QED) is 0.813. The Morgan fingerprint density at radius 3 is 2.41 bits per heavy atom. The number of hydrogen-bond donors (Lipinski definition) is 2. The van der Waals surface area contributed by atoms with Crippen molar-refractivity contribution in [3.05, 3.63) is 71.8 Å². The minimum Gasteiger partial charge on any atom is -0.445 e. The maximum Gasteiger partial charge on any atom is 0.407 e. The van der Waals surface area contributed by atoms with Crippen LogP contribution in [0.3, 0.4) is 0 Å². The molecule has 0 saturated heterocycles. The van der Waals surface area contributed by atoms with Crippen LogP contribution in [0.4, 0.5) is 4.79 Å². The molecule has 0 heterocycles. The number of hydrogen-bond acceptors (Lipinski definition) is 3. The van der Waals surface area contributed by atoms with E-state index in [1.807, 2.05) is 67.6 Å². The van der Waals surface area contributed by atoms with Gasteiger partial charge in [0.1, 0.15) is 6.61 Å². The smallest absolute Gasteiger partial charge is 0.407 e. The highest BCUT2D eigenvalue weighted by molar-refractivity contribution is 5.81. The van der Waals surface area contributed by atoms with Crippen molar-refractivity contribution in [1.29, 1.82) is 0 Å². The van der Waals surface area contributed by atoms with Crippen LogP contribution in [0.5, 0.6) is 0 Å². The average Bonchev–Trinajstić information content (AvgIpc) is 3.16. The molecule has 5 heteroatoms. The zero-order valence-corrected chi connectivity index (χ0v) is 15.6. The molecule has 142 valence electrons. The number of rotatable bonds is 6. The molecule has 3 atom stereocenters. The van der Waals surface area contributed by atoms with Gasteiger partial charge < -0.3 is 15.4 Å². The third kappa shape index (κ3) is 5.33. The van der Waals surface area contributed by atoms with Crippen molar-refractivity contribution in [2.24, 2.45) is 5.92 Å². The van der Waals surface area contributed by atoms with Gasteiger partial charge in [-0.15, -0.1) is 0 Å². The summed E-state index contributed by atoms with van der Waals surface area (Å²) in [6, 6.07) is 19.2. The standard InChI is InChI=1S/C22H26N2O3/c1-16(18-11-6-3-7-12-18)23-21(25)19-13-8-14-20(19)24-22(26)27-15-17-9-4-2-5-10-17/h2-7,9-12,16,19-20H,8,13-15H2,1H3,(H,23,25)(H,24,26)/t16-,19-,20+/m1/s1. The number of carbonyl (C=O) groups is 2. The van der Waals surface area contributed by atoms with E-state index in [0.717, 1.165) is 30.4 Å². The molecule has 1 fully saturated rings. The first-order valence-electron chi connectivity index (χ1n) is 9.46. The van der Waals surface area contributed by atoms with Gasteiger partial charge in [0, 0.05) is 6.04 Å². The molecular formula is C22H26N2O3. The second-order valence-electron chi connectivity index (χ2n) is 6.99. The first kappa shape index (κ1) is 19.0. The highest BCUT2D eigenvalue weighted by Gasteiger charge is 2.34. The zero-order chi connectivity index (χ0) is 19.1. The molecule has 0 spiro atoms. The Hall–Kier alpha value is -2.82. The maximum atomic E-state index is 12.7. The predicted octanol–water partition coefficient (Wildman–Crippen LogP) is 3.96. The lowest BCUT2D eigenvalue weighted by Gasteiger charge is -2.23. The van der Waals surface area contributed by atoms with Crippen LogP contribution >= 0.6 is 0 Å². The molecule has 2 amide bonds. The summed E-state index contributed by atoms with van der Waals surface area (Å²) >= 11 is 0. The van der Waals surface area contributed by atoms with E-state index in [-0.39, 0.29) is 30.5 Å². The third-order valence-corrected chi connectivity index (χ3v) is 5.03. The second kappa shape index (κ2) is 9.21. The van der Waals surface area contributed by atoms with E-state index in [9.17, 15) is 9.59 Å². The summed E-state index contributed by atoms with van der Waals surface area (Å²) in [5.41, 5.74) is 2.00. The molecule has 3 rings (SSSR count). The summed E-state index contributed by atoms with van der Waals surface area (Å²) in [5, 5.41) is 5.94. The molecule has 2 aromatic carbocycles. The summed E-state index contributed by atoms with van der Waals surface area (Å²) in [6.07, 6.45) is 2.01. The lowest BCUT2D eigenvalue weighted by molar-refractivity contribution is -0.126. The van der Waals surface area contributed by atoms with Crippen LogP contribution in [0.15, 0.2) is 60.7 Å². The number of alkyl carbamates (subject to hydrolysis) is 1. The monoisotopic (exact) mass is 366 g/mol. The molecule has 5 nitrogen and oxygen atoms in total. The van der Waals surface area contributed by atoms with Gasteiger partial charge in [-0.3, -0.25) is 4.79 Å². The van der Waals surface area contributed by atoms with Gasteiger partial charge in [0.2, 0.25) is 5.91 Å². The van der Waals surface area contributed by atoms with E-state index in [1.165, 1.54) is 0 Å². The van der Waals surface area contributed by atoms with Crippen LogP contribution in [0.25, 0.3) is 0 Å².